The van der Waals surface area contributed by atoms with Crippen LogP contribution in [0, 0.1) is 6.92 Å². The van der Waals surface area contributed by atoms with E-state index in [1.54, 1.807) is 30.5 Å². The summed E-state index contributed by atoms with van der Waals surface area (Å²) in [7, 11) is -1.67. The number of hydrogen-bond donors (Lipinski definition) is 1. The first-order valence-electron chi connectivity index (χ1n) is 8.25. The van der Waals surface area contributed by atoms with Crippen molar-refractivity contribution in [1.82, 2.24) is 4.98 Å². The third-order valence-corrected chi connectivity index (χ3v) is 5.34. The average molecular weight is 367 g/mol. The van der Waals surface area contributed by atoms with Crippen LogP contribution < -0.4 is 9.62 Å². The minimum absolute atomic E-state index is 0.226. The fraction of sp³-hybridized carbons (Fsp3) is 0.150. The smallest absolute Gasteiger partial charge is 0.263 e. The van der Waals surface area contributed by atoms with Gasteiger partial charge in [-0.15, -0.1) is 0 Å². The molecule has 3 rings (SSSR count). The van der Waals surface area contributed by atoms with Crippen LogP contribution in [-0.4, -0.2) is 20.4 Å². The van der Waals surface area contributed by atoms with Crippen molar-refractivity contribution in [1.29, 1.82) is 0 Å². The largest absolute Gasteiger partial charge is 0.369 e. The fourth-order valence-corrected chi connectivity index (χ4v) is 3.71. The van der Waals surface area contributed by atoms with Crippen molar-refractivity contribution in [2.45, 2.75) is 18.4 Å². The predicted molar refractivity (Wildman–Crippen MR) is 105 cm³/mol. The van der Waals surface area contributed by atoms with Crippen molar-refractivity contribution in [3.63, 3.8) is 0 Å². The van der Waals surface area contributed by atoms with Crippen LogP contribution in [0.4, 0.5) is 11.5 Å². The number of aromatic nitrogens is 1. The van der Waals surface area contributed by atoms with Gasteiger partial charge >= 0.3 is 0 Å². The SMILES string of the molecule is Cc1cccc(S(=O)(=O)Nc2ccc(N(C)Cc3ccccc3)cn2)c1. The number of nitrogens with zero attached hydrogens (tertiary/aromatic N) is 2. The van der Waals surface area contributed by atoms with E-state index >= 15 is 0 Å². The quantitative estimate of drug-likeness (QED) is 0.719. The van der Waals surface area contributed by atoms with Gasteiger partial charge in [-0.25, -0.2) is 13.4 Å². The first-order valence-corrected chi connectivity index (χ1v) is 9.73. The molecular weight excluding hydrogens is 346 g/mol. The lowest BCUT2D eigenvalue weighted by atomic mass is 10.2. The lowest BCUT2D eigenvalue weighted by Crippen LogP contribution is -2.17. The van der Waals surface area contributed by atoms with Crippen molar-refractivity contribution in [3.05, 3.63) is 84.1 Å². The van der Waals surface area contributed by atoms with Crippen molar-refractivity contribution < 1.29 is 8.42 Å². The van der Waals surface area contributed by atoms with Crippen molar-refractivity contribution in [3.8, 4) is 0 Å². The van der Waals surface area contributed by atoms with E-state index in [4.69, 9.17) is 0 Å². The van der Waals surface area contributed by atoms with Crippen LogP contribution >= 0.6 is 0 Å². The molecule has 5 nitrogen and oxygen atoms in total. The zero-order valence-corrected chi connectivity index (χ0v) is 15.6. The van der Waals surface area contributed by atoms with E-state index in [0.717, 1.165) is 17.8 Å². The van der Waals surface area contributed by atoms with Crippen molar-refractivity contribution in [2.75, 3.05) is 16.7 Å². The van der Waals surface area contributed by atoms with Crippen LogP contribution in [-0.2, 0) is 16.6 Å². The summed E-state index contributed by atoms with van der Waals surface area (Å²) in [4.78, 5) is 6.53. The molecule has 0 unspecified atom stereocenters. The molecule has 0 atom stereocenters. The van der Waals surface area contributed by atoms with E-state index in [2.05, 4.69) is 26.7 Å². The van der Waals surface area contributed by atoms with Crippen LogP contribution in [0.2, 0.25) is 0 Å². The molecule has 1 heterocycles. The van der Waals surface area contributed by atoms with Crippen molar-refractivity contribution in [2.24, 2.45) is 0 Å². The maximum Gasteiger partial charge on any atom is 0.263 e. The number of aryl methyl sites for hydroxylation is 1. The minimum atomic E-state index is -3.64. The van der Waals surface area contributed by atoms with Gasteiger partial charge in [0.15, 0.2) is 0 Å². The Hall–Kier alpha value is -2.86. The highest BCUT2D eigenvalue weighted by molar-refractivity contribution is 7.92. The first kappa shape index (κ1) is 17.9. The number of rotatable bonds is 6. The Morgan fingerprint density at radius 2 is 1.77 bits per heavy atom. The monoisotopic (exact) mass is 367 g/mol. The summed E-state index contributed by atoms with van der Waals surface area (Å²) in [5.74, 6) is 0.295. The highest BCUT2D eigenvalue weighted by Crippen LogP contribution is 2.19. The van der Waals surface area contributed by atoms with Gasteiger partial charge < -0.3 is 4.90 Å². The second-order valence-electron chi connectivity index (χ2n) is 6.17. The van der Waals surface area contributed by atoms with Crippen LogP contribution in [0.15, 0.2) is 77.8 Å². The molecule has 26 heavy (non-hydrogen) atoms. The molecule has 0 radical (unpaired) electrons. The Balaban J connectivity index is 1.71. The van der Waals surface area contributed by atoms with Gasteiger partial charge in [0.05, 0.1) is 16.8 Å². The Morgan fingerprint density at radius 3 is 2.42 bits per heavy atom. The van der Waals surface area contributed by atoms with Gasteiger partial charge in [0.1, 0.15) is 5.82 Å². The zero-order chi connectivity index (χ0) is 18.6. The second-order valence-corrected chi connectivity index (χ2v) is 7.85. The van der Waals surface area contributed by atoms with Gasteiger partial charge in [-0.05, 0) is 42.3 Å². The zero-order valence-electron chi connectivity index (χ0n) is 14.8. The highest BCUT2D eigenvalue weighted by Gasteiger charge is 2.15. The summed E-state index contributed by atoms with van der Waals surface area (Å²) in [5, 5.41) is 0. The van der Waals surface area contributed by atoms with E-state index in [-0.39, 0.29) is 4.90 Å². The summed E-state index contributed by atoms with van der Waals surface area (Å²) in [6.07, 6.45) is 1.66. The summed E-state index contributed by atoms with van der Waals surface area (Å²) < 4.78 is 27.4. The molecule has 0 aliphatic rings. The lowest BCUT2D eigenvalue weighted by molar-refractivity contribution is 0.601. The topological polar surface area (TPSA) is 62.3 Å². The molecule has 0 fully saturated rings. The van der Waals surface area contributed by atoms with E-state index in [1.165, 1.54) is 5.56 Å². The number of anilines is 2. The van der Waals surface area contributed by atoms with E-state index in [9.17, 15) is 8.42 Å². The third-order valence-electron chi connectivity index (χ3n) is 3.99. The Kier molecular flexibility index (Phi) is 5.23. The normalized spacial score (nSPS) is 11.2. The van der Waals surface area contributed by atoms with Crippen LogP contribution in [0.3, 0.4) is 0 Å². The van der Waals surface area contributed by atoms with Gasteiger partial charge in [0.2, 0.25) is 0 Å². The molecule has 0 saturated heterocycles. The van der Waals surface area contributed by atoms with Gasteiger partial charge in [0, 0.05) is 13.6 Å². The van der Waals surface area contributed by atoms with E-state index in [0.29, 0.717) is 5.82 Å². The van der Waals surface area contributed by atoms with E-state index < -0.39 is 10.0 Å². The van der Waals surface area contributed by atoms with Gasteiger partial charge in [0.25, 0.3) is 10.0 Å². The molecule has 1 aromatic heterocycles. The van der Waals surface area contributed by atoms with Crippen LogP contribution in [0.25, 0.3) is 0 Å². The molecule has 1 N–H and O–H groups in total. The molecule has 6 heteroatoms. The Labute approximate surface area is 154 Å². The minimum Gasteiger partial charge on any atom is -0.369 e. The molecule has 0 saturated carbocycles. The maximum atomic E-state index is 12.5. The summed E-state index contributed by atoms with van der Waals surface area (Å²) >= 11 is 0. The summed E-state index contributed by atoms with van der Waals surface area (Å²) in [5.41, 5.74) is 2.99. The van der Waals surface area contributed by atoms with Gasteiger partial charge in [-0.2, -0.15) is 0 Å². The standard InChI is InChI=1S/C20H21N3O2S/c1-16-7-6-10-19(13-16)26(24,25)22-20-12-11-18(14-21-20)23(2)15-17-8-4-3-5-9-17/h3-14H,15H2,1-2H3,(H,21,22). The van der Waals surface area contributed by atoms with Crippen LogP contribution in [0.5, 0.6) is 0 Å². The second kappa shape index (κ2) is 7.58. The Bertz CT molecular complexity index is 971. The maximum absolute atomic E-state index is 12.5. The molecule has 0 bridgehead atoms. The third kappa shape index (κ3) is 4.40. The Morgan fingerprint density at radius 1 is 1.00 bits per heavy atom. The molecule has 3 aromatic rings. The van der Waals surface area contributed by atoms with Gasteiger partial charge in [-0.3, -0.25) is 4.72 Å². The predicted octanol–water partition coefficient (Wildman–Crippen LogP) is 3.83. The first-order chi connectivity index (χ1) is 12.4. The molecule has 0 amide bonds. The molecule has 0 spiro atoms. The van der Waals surface area contributed by atoms with Crippen molar-refractivity contribution >= 4 is 21.5 Å². The fourth-order valence-electron chi connectivity index (χ4n) is 2.60. The van der Waals surface area contributed by atoms with Gasteiger partial charge in [-0.1, -0.05) is 42.5 Å². The molecule has 2 aromatic carbocycles. The number of sulfonamides is 1. The molecule has 0 aliphatic carbocycles. The number of nitrogens with one attached hydrogen (secondary N) is 1. The van der Waals surface area contributed by atoms with Crippen LogP contribution in [0.1, 0.15) is 11.1 Å². The average Bonchev–Trinajstić information content (AvgIpc) is 2.63. The number of pyridine rings is 1. The lowest BCUT2D eigenvalue weighted by Gasteiger charge is -2.19. The number of benzene rings is 2. The molecule has 0 aliphatic heterocycles. The summed E-state index contributed by atoms with van der Waals surface area (Å²) in [6, 6.07) is 20.4. The van der Waals surface area contributed by atoms with E-state index in [1.807, 2.05) is 44.3 Å². The molecular formula is C20H21N3O2S. The summed E-state index contributed by atoms with van der Waals surface area (Å²) in [6.45, 7) is 2.60. The molecule has 134 valence electrons. The number of hydrogen-bond acceptors (Lipinski definition) is 4. The highest BCUT2D eigenvalue weighted by atomic mass is 32.2.